The highest BCUT2D eigenvalue weighted by Gasteiger charge is 2.29. The number of hydrazone groups is 1. The molecule has 0 aliphatic carbocycles. The second-order valence-electron chi connectivity index (χ2n) is 3.33. The lowest BCUT2D eigenvalue weighted by Gasteiger charge is -2.30. The molecule has 0 bridgehead atoms. The Kier molecular flexibility index (Phi) is 1.46. The van der Waals surface area contributed by atoms with Gasteiger partial charge in [-0.1, -0.05) is 0 Å². The van der Waals surface area contributed by atoms with Gasteiger partial charge in [0, 0.05) is 19.5 Å². The predicted octanol–water partition coefficient (Wildman–Crippen LogP) is 1.37. The third-order valence-corrected chi connectivity index (χ3v) is 2.31. The van der Waals surface area contributed by atoms with Crippen LogP contribution in [0.25, 0.3) is 0 Å². The Morgan fingerprint density at radius 1 is 1.42 bits per heavy atom. The van der Waals surface area contributed by atoms with Crippen LogP contribution in [0.4, 0.5) is 0 Å². The van der Waals surface area contributed by atoms with Crippen LogP contribution >= 0.6 is 0 Å². The normalized spacial score (nSPS) is 27.1. The zero-order valence-electron chi connectivity index (χ0n) is 7.65. The first-order valence-corrected chi connectivity index (χ1v) is 4.10. The fourth-order valence-corrected chi connectivity index (χ4v) is 1.77. The van der Waals surface area contributed by atoms with Gasteiger partial charge in [-0.2, -0.15) is 5.10 Å². The molecule has 3 nitrogen and oxygen atoms in total. The summed E-state index contributed by atoms with van der Waals surface area (Å²) in [5, 5.41) is 6.33. The van der Waals surface area contributed by atoms with E-state index >= 15 is 0 Å². The van der Waals surface area contributed by atoms with Crippen molar-refractivity contribution < 1.29 is 0 Å². The van der Waals surface area contributed by atoms with E-state index in [0.717, 1.165) is 0 Å². The molecule has 0 fully saturated rings. The summed E-state index contributed by atoms with van der Waals surface area (Å²) in [6, 6.07) is 0. The lowest BCUT2D eigenvalue weighted by Crippen LogP contribution is -2.37. The van der Waals surface area contributed by atoms with Crippen molar-refractivity contribution in [1.82, 2.24) is 9.91 Å². The van der Waals surface area contributed by atoms with Gasteiger partial charge in [-0.05, 0) is 25.5 Å². The molecule has 0 aromatic rings. The van der Waals surface area contributed by atoms with E-state index in [1.54, 1.807) is 0 Å². The summed E-state index contributed by atoms with van der Waals surface area (Å²) in [5.74, 6) is 0. The van der Waals surface area contributed by atoms with Crippen LogP contribution < -0.4 is 0 Å². The van der Waals surface area contributed by atoms with E-state index in [1.807, 2.05) is 11.2 Å². The molecule has 1 unspecified atom stereocenters. The quantitative estimate of drug-likeness (QED) is 0.537. The van der Waals surface area contributed by atoms with Gasteiger partial charge in [0.1, 0.15) is 6.17 Å². The van der Waals surface area contributed by atoms with Crippen molar-refractivity contribution in [3.05, 3.63) is 23.5 Å². The van der Waals surface area contributed by atoms with Crippen molar-refractivity contribution in [3.8, 4) is 0 Å². The molecule has 2 rings (SSSR count). The zero-order chi connectivity index (χ0) is 8.72. The molecular weight excluding hydrogens is 150 g/mol. The van der Waals surface area contributed by atoms with E-state index in [-0.39, 0.29) is 0 Å². The van der Waals surface area contributed by atoms with Crippen LogP contribution in [-0.4, -0.2) is 29.3 Å². The number of hydrogen-bond acceptors (Lipinski definition) is 3. The van der Waals surface area contributed by atoms with Gasteiger partial charge >= 0.3 is 0 Å². The average Bonchev–Trinajstić information content (AvgIpc) is 2.29. The van der Waals surface area contributed by atoms with Crippen LogP contribution in [0.5, 0.6) is 0 Å². The van der Waals surface area contributed by atoms with E-state index in [1.165, 1.54) is 11.3 Å². The Balaban J connectivity index is 2.35. The van der Waals surface area contributed by atoms with Crippen LogP contribution in [-0.2, 0) is 0 Å². The molecule has 3 heteroatoms. The Morgan fingerprint density at radius 3 is 2.83 bits per heavy atom. The van der Waals surface area contributed by atoms with Crippen molar-refractivity contribution >= 4 is 6.21 Å². The zero-order valence-corrected chi connectivity index (χ0v) is 7.65. The smallest absolute Gasteiger partial charge is 0.144 e. The molecule has 0 spiro atoms. The average molecular weight is 163 g/mol. The van der Waals surface area contributed by atoms with E-state index in [9.17, 15) is 0 Å². The monoisotopic (exact) mass is 163 g/mol. The highest BCUT2D eigenvalue weighted by atomic mass is 15.6. The number of allylic oxidation sites excluding steroid dienone is 2. The first kappa shape index (κ1) is 7.40. The van der Waals surface area contributed by atoms with Crippen LogP contribution in [0.15, 0.2) is 28.6 Å². The Morgan fingerprint density at radius 2 is 2.17 bits per heavy atom. The minimum Gasteiger partial charge on any atom is -0.354 e. The van der Waals surface area contributed by atoms with Crippen LogP contribution in [0.2, 0.25) is 0 Å². The molecule has 0 radical (unpaired) electrons. The second-order valence-corrected chi connectivity index (χ2v) is 3.33. The van der Waals surface area contributed by atoms with Crippen molar-refractivity contribution in [3.63, 3.8) is 0 Å². The molecule has 0 N–H and O–H groups in total. The molecule has 0 saturated heterocycles. The minimum atomic E-state index is 0.315. The molecule has 0 aromatic heterocycles. The molecule has 1 atom stereocenters. The van der Waals surface area contributed by atoms with Gasteiger partial charge in [-0.3, -0.25) is 0 Å². The lowest BCUT2D eigenvalue weighted by molar-refractivity contribution is 0.205. The summed E-state index contributed by atoms with van der Waals surface area (Å²) in [6.45, 7) is 4.21. The fraction of sp³-hybridized carbons (Fsp3) is 0.444. The lowest BCUT2D eigenvalue weighted by atomic mass is 10.2. The van der Waals surface area contributed by atoms with Crippen molar-refractivity contribution in [1.29, 1.82) is 0 Å². The highest BCUT2D eigenvalue weighted by Crippen LogP contribution is 2.27. The topological polar surface area (TPSA) is 18.8 Å². The fourth-order valence-electron chi connectivity index (χ4n) is 1.77. The standard InChI is InChI=1S/C9H13N3/c1-7-4-5-10-12-8(2)6-11(3)9(7)12/h4-6,9H,1-3H3. The molecule has 12 heavy (non-hydrogen) atoms. The van der Waals surface area contributed by atoms with Gasteiger partial charge in [-0.25, -0.2) is 5.01 Å². The number of likely N-dealkylation sites (N-methyl/N-ethyl adjacent to an activating group) is 1. The number of hydrogen-bond donors (Lipinski definition) is 0. The molecule has 2 aliphatic heterocycles. The van der Waals surface area contributed by atoms with Gasteiger partial charge in [0.2, 0.25) is 0 Å². The first-order valence-electron chi connectivity index (χ1n) is 4.10. The third-order valence-electron chi connectivity index (χ3n) is 2.31. The maximum atomic E-state index is 4.30. The molecular formula is C9H13N3. The minimum absolute atomic E-state index is 0.315. The summed E-state index contributed by atoms with van der Waals surface area (Å²) < 4.78 is 0. The summed E-state index contributed by atoms with van der Waals surface area (Å²) in [4.78, 5) is 2.18. The van der Waals surface area contributed by atoms with Crippen LogP contribution in [0.3, 0.4) is 0 Å². The van der Waals surface area contributed by atoms with Gasteiger partial charge in [0.05, 0.1) is 5.70 Å². The Bertz CT molecular complexity index is 288. The van der Waals surface area contributed by atoms with Gasteiger partial charge in [0.15, 0.2) is 0 Å². The van der Waals surface area contributed by atoms with Crippen LogP contribution in [0.1, 0.15) is 13.8 Å². The van der Waals surface area contributed by atoms with E-state index in [4.69, 9.17) is 0 Å². The summed E-state index contributed by atoms with van der Waals surface area (Å²) in [5.41, 5.74) is 2.53. The number of fused-ring (bicyclic) bond motifs is 1. The second kappa shape index (κ2) is 2.37. The maximum absolute atomic E-state index is 4.30. The van der Waals surface area contributed by atoms with Crippen LogP contribution in [0, 0.1) is 0 Å². The molecule has 0 aromatic carbocycles. The highest BCUT2D eigenvalue weighted by molar-refractivity contribution is 5.73. The van der Waals surface area contributed by atoms with Gasteiger partial charge < -0.3 is 4.90 Å². The van der Waals surface area contributed by atoms with Crippen molar-refractivity contribution in [2.75, 3.05) is 7.05 Å². The van der Waals surface area contributed by atoms with Gasteiger partial charge in [0.25, 0.3) is 0 Å². The summed E-state index contributed by atoms with van der Waals surface area (Å²) in [6.07, 6.45) is 6.34. The predicted molar refractivity (Wildman–Crippen MR) is 49.4 cm³/mol. The number of nitrogens with zero attached hydrogens (tertiary/aromatic N) is 3. The Hall–Kier alpha value is -1.25. The third kappa shape index (κ3) is 0.858. The molecule has 2 aliphatic rings. The summed E-state index contributed by atoms with van der Waals surface area (Å²) >= 11 is 0. The van der Waals surface area contributed by atoms with E-state index in [0.29, 0.717) is 6.17 Å². The largest absolute Gasteiger partial charge is 0.354 e. The molecule has 2 heterocycles. The Labute approximate surface area is 72.7 Å². The van der Waals surface area contributed by atoms with E-state index < -0.39 is 0 Å². The molecule has 0 saturated carbocycles. The van der Waals surface area contributed by atoms with Crippen molar-refractivity contribution in [2.45, 2.75) is 20.0 Å². The molecule has 0 amide bonds. The SMILES string of the molecule is CC1=CC=NN2C(C)=CN(C)C12. The first-order chi connectivity index (χ1) is 5.70. The number of rotatable bonds is 0. The maximum Gasteiger partial charge on any atom is 0.144 e. The van der Waals surface area contributed by atoms with E-state index in [2.05, 4.69) is 43.2 Å². The van der Waals surface area contributed by atoms with Crippen molar-refractivity contribution in [2.24, 2.45) is 5.10 Å². The summed E-state index contributed by atoms with van der Waals surface area (Å²) in [7, 11) is 2.08. The molecule has 64 valence electrons. The van der Waals surface area contributed by atoms with Gasteiger partial charge in [-0.15, -0.1) is 0 Å².